The highest BCUT2D eigenvalue weighted by Crippen LogP contribution is 2.33. The Kier molecular flexibility index (Phi) is 10.8. The van der Waals surface area contributed by atoms with Gasteiger partial charge in [-0.2, -0.15) is 0 Å². The summed E-state index contributed by atoms with van der Waals surface area (Å²) in [6, 6.07) is 16.9. The Bertz CT molecular complexity index is 1160. The molecule has 3 N–H and O–H groups in total. The lowest BCUT2D eigenvalue weighted by Gasteiger charge is -2.14. The zero-order valence-corrected chi connectivity index (χ0v) is 23.8. The molecule has 0 aliphatic heterocycles. The summed E-state index contributed by atoms with van der Waals surface area (Å²) >= 11 is 27.1. The maximum atomic E-state index is 12.1. The molecule has 174 valence electrons. The van der Waals surface area contributed by atoms with Crippen molar-refractivity contribution in [1.29, 1.82) is 0 Å². The summed E-state index contributed by atoms with van der Waals surface area (Å²) in [5, 5.41) is 22.1. The monoisotopic (exact) mass is 751 g/mol. The molecule has 3 rings (SSSR count). The number of benzene rings is 3. The number of nitrogens with one attached hydrogen (secondary N) is 1. The van der Waals surface area contributed by atoms with Gasteiger partial charge < -0.3 is 15.5 Å². The van der Waals surface area contributed by atoms with E-state index in [1.165, 1.54) is 18.2 Å². The Balaban J connectivity index is 0.000000257. The molecule has 5 nitrogen and oxygen atoms in total. The summed E-state index contributed by atoms with van der Waals surface area (Å²) < 4.78 is -0.739. The normalized spacial score (nSPS) is 10.7. The van der Waals surface area contributed by atoms with E-state index in [2.05, 4.69) is 5.32 Å². The van der Waals surface area contributed by atoms with Gasteiger partial charge in [0.25, 0.3) is 5.91 Å². The second-order valence-corrected chi connectivity index (χ2v) is 13.9. The minimum atomic E-state index is -0.780. The first kappa shape index (κ1) is 28.3. The molecular weight excluding hydrogens is 738 g/mol. The average Bonchev–Trinajstić information content (AvgIpc) is 2.74. The number of alkyl halides is 2. The molecule has 0 saturated heterocycles. The smallest absolute Gasteiger partial charge is 0.330 e. The Morgan fingerprint density at radius 3 is 2.09 bits per heavy atom. The van der Waals surface area contributed by atoms with Gasteiger partial charge in [-0.15, -0.1) is 0 Å². The minimum absolute atomic E-state index is 0.00297. The van der Waals surface area contributed by atoms with Gasteiger partial charge in [0.1, 0.15) is 5.75 Å². The molecule has 0 bridgehead atoms. The zero-order valence-electron chi connectivity index (χ0n) is 16.5. The van der Waals surface area contributed by atoms with E-state index in [0.717, 1.165) is 5.56 Å². The van der Waals surface area contributed by atoms with E-state index in [9.17, 15) is 14.7 Å². The molecule has 0 heterocycles. The van der Waals surface area contributed by atoms with E-state index >= 15 is 0 Å². The van der Waals surface area contributed by atoms with Gasteiger partial charge in [-0.25, -0.2) is 4.79 Å². The van der Waals surface area contributed by atoms with Gasteiger partial charge in [0.05, 0.1) is 20.6 Å². The third kappa shape index (κ3) is 8.63. The number of amides is 1. The second kappa shape index (κ2) is 12.6. The number of rotatable bonds is 5. The lowest BCUT2D eigenvalue weighted by Crippen LogP contribution is -2.26. The number of phenolic OH excluding ortho intramolecular Hbond substituents is 1. The lowest BCUT2D eigenvalue weighted by molar-refractivity contribution is -0.136. The van der Waals surface area contributed by atoms with Crippen molar-refractivity contribution in [3.8, 4) is 5.75 Å². The molecule has 0 atom stereocenters. The van der Waals surface area contributed by atoms with Crippen molar-refractivity contribution >= 4 is 109 Å². The molecule has 3 aromatic rings. The van der Waals surface area contributed by atoms with Crippen LogP contribution >= 0.6 is 91.6 Å². The number of hydrogen-bond acceptors (Lipinski definition) is 3. The number of carboxylic acid groups (broad SMARTS) is 1. The fraction of sp³-hybridized carbons (Fsp3) is 0.0909. The third-order valence-corrected chi connectivity index (χ3v) is 6.96. The molecule has 0 radical (unpaired) electrons. The van der Waals surface area contributed by atoms with E-state index in [1.807, 2.05) is 75.5 Å². The van der Waals surface area contributed by atoms with Crippen LogP contribution in [0.4, 0.5) is 5.69 Å². The van der Waals surface area contributed by atoms with E-state index in [-0.39, 0.29) is 21.4 Å². The molecule has 11 heteroatoms. The van der Waals surface area contributed by atoms with Gasteiger partial charge in [0.2, 0.25) is 0 Å². The first-order valence-electron chi connectivity index (χ1n) is 9.00. The number of carbonyl (C=O) groups excluding carboxylic acids is 1. The van der Waals surface area contributed by atoms with Crippen LogP contribution in [-0.2, 0) is 11.2 Å². The number of halogens is 6. The Labute approximate surface area is 237 Å². The second-order valence-electron chi connectivity index (χ2n) is 6.54. The van der Waals surface area contributed by atoms with Crippen LogP contribution in [0.15, 0.2) is 60.7 Å². The zero-order chi connectivity index (χ0) is 24.8. The van der Waals surface area contributed by atoms with Crippen LogP contribution in [0.5, 0.6) is 5.75 Å². The van der Waals surface area contributed by atoms with Crippen molar-refractivity contribution in [2.45, 2.75) is 7.85 Å². The van der Waals surface area contributed by atoms with Gasteiger partial charge in [-0.1, -0.05) is 122 Å². The van der Waals surface area contributed by atoms with E-state index in [1.54, 1.807) is 12.1 Å². The predicted molar refractivity (Wildman–Crippen MR) is 151 cm³/mol. The van der Waals surface area contributed by atoms with Gasteiger partial charge in [0.15, 0.2) is 1.43 Å². The van der Waals surface area contributed by atoms with Gasteiger partial charge >= 0.3 is 5.97 Å². The molecule has 0 aliphatic rings. The van der Waals surface area contributed by atoms with Gasteiger partial charge in [-0.3, -0.25) is 4.79 Å². The van der Waals surface area contributed by atoms with Crippen molar-refractivity contribution in [2.24, 2.45) is 0 Å². The van der Waals surface area contributed by atoms with Crippen molar-refractivity contribution in [2.75, 3.05) is 5.32 Å². The molecule has 1 amide bonds. The summed E-state index contributed by atoms with van der Waals surface area (Å²) in [7, 11) is 0. The number of hydrogen-bond donors (Lipinski definition) is 3. The summed E-state index contributed by atoms with van der Waals surface area (Å²) in [6.45, 7) is 0. The Morgan fingerprint density at radius 2 is 1.52 bits per heavy atom. The van der Waals surface area contributed by atoms with Crippen LogP contribution in [0.3, 0.4) is 0 Å². The molecule has 33 heavy (non-hydrogen) atoms. The van der Waals surface area contributed by atoms with E-state index in [4.69, 9.17) is 51.5 Å². The predicted octanol–water partition coefficient (Wildman–Crippen LogP) is 8.14. The summed E-state index contributed by atoms with van der Waals surface area (Å²) in [5.41, 5.74) is 1.45. The molecule has 0 saturated carbocycles. The molecule has 0 aromatic heterocycles. The number of aromatic hydroxyl groups is 1. The highest BCUT2D eigenvalue weighted by atomic mass is 127. The van der Waals surface area contributed by atoms with Gasteiger partial charge in [0, 0.05) is 17.1 Å². The van der Waals surface area contributed by atoms with Crippen molar-refractivity contribution in [1.82, 2.24) is 0 Å². The van der Waals surface area contributed by atoms with Crippen molar-refractivity contribution in [3.05, 3.63) is 91.9 Å². The molecular formula is C22H15Cl4I2NO4. The van der Waals surface area contributed by atoms with Crippen LogP contribution in [0.1, 0.15) is 15.9 Å². The highest BCUT2D eigenvalue weighted by Gasteiger charge is 2.31. The topological polar surface area (TPSA) is 86.6 Å². The lowest BCUT2D eigenvalue weighted by atomic mass is 10.1. The molecule has 0 spiro atoms. The first-order chi connectivity index (χ1) is 15.4. The molecule has 0 aliphatic carbocycles. The first-order valence-corrected chi connectivity index (χ1v) is 12.7. The maximum absolute atomic E-state index is 12.1. The quantitative estimate of drug-likeness (QED) is 0.182. The van der Waals surface area contributed by atoms with Crippen LogP contribution in [-0.4, -0.2) is 23.5 Å². The highest BCUT2D eigenvalue weighted by molar-refractivity contribution is 14.2. The average molecular weight is 753 g/mol. The SMILES string of the molecule is O=C(Nc1ccc(Cl)c(Cl)c1)c1cc(Cl)cc(Cl)c1O.O=C(O)C(I)(I)Cc1ccccc1. The molecule has 0 fully saturated rings. The van der Waals surface area contributed by atoms with Crippen molar-refractivity contribution < 1.29 is 19.8 Å². The van der Waals surface area contributed by atoms with E-state index < -0.39 is 13.3 Å². The fourth-order valence-electron chi connectivity index (χ4n) is 2.44. The summed E-state index contributed by atoms with van der Waals surface area (Å²) in [6.07, 6.45) is 0.546. The Morgan fingerprint density at radius 1 is 0.879 bits per heavy atom. The van der Waals surface area contributed by atoms with Crippen LogP contribution in [0.2, 0.25) is 20.1 Å². The Hall–Kier alpha value is -0.980. The largest absolute Gasteiger partial charge is 0.506 e. The van der Waals surface area contributed by atoms with Crippen LogP contribution in [0.25, 0.3) is 0 Å². The fourth-order valence-corrected chi connectivity index (χ4v) is 4.11. The standard InChI is InChI=1S/C13H7Cl4NO2.C9H8I2O2/c14-6-3-8(12(19)11(17)4-6)13(20)18-7-1-2-9(15)10(16)5-7;10-9(11,8(12)13)6-7-4-2-1-3-5-7/h1-5,19H,(H,18,20);1-5H,6H2,(H,12,13). The number of aliphatic carboxylic acids is 1. The number of phenols is 1. The van der Waals surface area contributed by atoms with Crippen LogP contribution < -0.4 is 5.32 Å². The molecule has 3 aromatic carbocycles. The third-order valence-electron chi connectivity index (χ3n) is 4.03. The summed E-state index contributed by atoms with van der Waals surface area (Å²) in [4.78, 5) is 22.9. The maximum Gasteiger partial charge on any atom is 0.330 e. The number of carbonyl (C=O) groups is 2. The summed E-state index contributed by atoms with van der Waals surface area (Å²) in [5.74, 6) is -1.68. The van der Waals surface area contributed by atoms with Gasteiger partial charge in [-0.05, 0) is 35.9 Å². The van der Waals surface area contributed by atoms with Crippen molar-refractivity contribution in [3.63, 3.8) is 0 Å². The minimum Gasteiger partial charge on any atom is -0.506 e. The van der Waals surface area contributed by atoms with E-state index in [0.29, 0.717) is 22.2 Å². The molecule has 0 unspecified atom stereocenters. The number of carboxylic acids is 1. The van der Waals surface area contributed by atoms with Crippen LogP contribution in [0, 0.1) is 0 Å². The number of anilines is 1.